The maximum absolute atomic E-state index is 12.4. The standard InChI is InChI=1S/C17H17N3O2S/c21-13(15-10-12-6-3-4-7-14(12)22-15)11-23-17-19-18-16-8-2-1-5-9-20(16)17/h3-4,6-7,10H,1-2,5,8-9,11H2. The van der Waals surface area contributed by atoms with Crippen molar-refractivity contribution in [2.24, 2.45) is 0 Å². The Kier molecular flexibility index (Phi) is 3.91. The molecule has 0 atom stereocenters. The number of nitrogens with zero attached hydrogens (tertiary/aromatic N) is 3. The van der Waals surface area contributed by atoms with Gasteiger partial charge in [-0.3, -0.25) is 4.79 Å². The van der Waals surface area contributed by atoms with Crippen LogP contribution in [0.1, 0.15) is 35.6 Å². The Morgan fingerprint density at radius 2 is 2.13 bits per heavy atom. The van der Waals surface area contributed by atoms with E-state index in [1.54, 1.807) is 0 Å². The van der Waals surface area contributed by atoms with E-state index in [0.29, 0.717) is 11.5 Å². The average Bonchev–Trinajstić information content (AvgIpc) is 3.10. The molecule has 5 nitrogen and oxygen atoms in total. The van der Waals surface area contributed by atoms with Crippen molar-refractivity contribution in [2.75, 3.05) is 5.75 Å². The second-order valence-corrected chi connectivity index (χ2v) is 6.66. The van der Waals surface area contributed by atoms with Gasteiger partial charge in [-0.15, -0.1) is 10.2 Å². The minimum Gasteiger partial charge on any atom is -0.453 e. The van der Waals surface area contributed by atoms with E-state index in [0.717, 1.165) is 41.3 Å². The van der Waals surface area contributed by atoms with Crippen molar-refractivity contribution in [3.05, 3.63) is 41.9 Å². The molecule has 1 aliphatic heterocycles. The number of ketones is 1. The van der Waals surface area contributed by atoms with Crippen molar-refractivity contribution in [1.82, 2.24) is 14.8 Å². The molecule has 2 aromatic heterocycles. The number of benzene rings is 1. The van der Waals surface area contributed by atoms with E-state index < -0.39 is 0 Å². The van der Waals surface area contributed by atoms with E-state index in [9.17, 15) is 4.79 Å². The first kappa shape index (κ1) is 14.5. The smallest absolute Gasteiger partial charge is 0.208 e. The number of para-hydroxylation sites is 1. The third kappa shape index (κ3) is 2.91. The largest absolute Gasteiger partial charge is 0.453 e. The first-order valence-corrected chi connectivity index (χ1v) is 8.86. The summed E-state index contributed by atoms with van der Waals surface area (Å²) in [5.41, 5.74) is 0.747. The molecule has 0 aliphatic carbocycles. The van der Waals surface area contributed by atoms with Crippen molar-refractivity contribution in [1.29, 1.82) is 0 Å². The molecule has 1 aliphatic rings. The molecular weight excluding hydrogens is 310 g/mol. The lowest BCUT2D eigenvalue weighted by atomic mass is 10.2. The molecule has 0 amide bonds. The van der Waals surface area contributed by atoms with Gasteiger partial charge in [0.15, 0.2) is 10.9 Å². The van der Waals surface area contributed by atoms with Crippen molar-refractivity contribution in [3.63, 3.8) is 0 Å². The van der Waals surface area contributed by atoms with Crippen LogP contribution in [-0.2, 0) is 13.0 Å². The number of hydrogen-bond donors (Lipinski definition) is 0. The molecule has 0 radical (unpaired) electrons. The molecule has 0 N–H and O–H groups in total. The summed E-state index contributed by atoms with van der Waals surface area (Å²) in [6, 6.07) is 9.47. The van der Waals surface area contributed by atoms with Gasteiger partial charge in [0.1, 0.15) is 11.4 Å². The van der Waals surface area contributed by atoms with Crippen molar-refractivity contribution in [2.45, 2.75) is 37.4 Å². The van der Waals surface area contributed by atoms with E-state index in [4.69, 9.17) is 4.42 Å². The van der Waals surface area contributed by atoms with Gasteiger partial charge in [0.25, 0.3) is 0 Å². The lowest BCUT2D eigenvalue weighted by molar-refractivity contribution is 0.0994. The molecule has 4 rings (SSSR count). The van der Waals surface area contributed by atoms with E-state index >= 15 is 0 Å². The van der Waals surface area contributed by atoms with Crippen LogP contribution in [-0.4, -0.2) is 26.3 Å². The van der Waals surface area contributed by atoms with Crippen molar-refractivity contribution < 1.29 is 9.21 Å². The molecule has 3 heterocycles. The maximum Gasteiger partial charge on any atom is 0.208 e. The second kappa shape index (κ2) is 6.20. The Morgan fingerprint density at radius 1 is 1.22 bits per heavy atom. The summed E-state index contributed by atoms with van der Waals surface area (Å²) in [6.07, 6.45) is 4.52. The zero-order valence-corrected chi connectivity index (χ0v) is 13.5. The molecule has 3 aromatic rings. The molecule has 0 fully saturated rings. The summed E-state index contributed by atoms with van der Waals surface area (Å²) in [7, 11) is 0. The van der Waals surface area contributed by atoms with Crippen molar-refractivity contribution in [3.8, 4) is 0 Å². The summed E-state index contributed by atoms with van der Waals surface area (Å²) in [6.45, 7) is 0.948. The molecule has 6 heteroatoms. The number of rotatable bonds is 4. The van der Waals surface area contributed by atoms with Gasteiger partial charge in [-0.1, -0.05) is 36.4 Å². The predicted octanol–water partition coefficient (Wildman–Crippen LogP) is 3.73. The Labute approximate surface area is 138 Å². The van der Waals surface area contributed by atoms with Crippen LogP contribution >= 0.6 is 11.8 Å². The molecule has 0 unspecified atom stereocenters. The third-order valence-corrected chi connectivity index (χ3v) is 5.08. The van der Waals surface area contributed by atoms with Gasteiger partial charge in [0, 0.05) is 18.4 Å². The second-order valence-electron chi connectivity index (χ2n) is 5.72. The number of thioether (sulfide) groups is 1. The Bertz CT molecular complexity index is 820. The quantitative estimate of drug-likeness (QED) is 0.540. The molecule has 0 bridgehead atoms. The third-order valence-electron chi connectivity index (χ3n) is 4.11. The van der Waals surface area contributed by atoms with E-state index in [1.165, 1.54) is 24.6 Å². The van der Waals surface area contributed by atoms with Crippen LogP contribution in [0.2, 0.25) is 0 Å². The van der Waals surface area contributed by atoms with E-state index in [-0.39, 0.29) is 5.78 Å². The van der Waals surface area contributed by atoms with Gasteiger partial charge in [0.2, 0.25) is 5.78 Å². The molecule has 23 heavy (non-hydrogen) atoms. The van der Waals surface area contributed by atoms with Crippen LogP contribution in [0.5, 0.6) is 0 Å². The summed E-state index contributed by atoms with van der Waals surface area (Å²) in [5, 5.41) is 10.3. The SMILES string of the molecule is O=C(CSc1nnc2n1CCCCC2)c1cc2ccccc2o1. The summed E-state index contributed by atoms with van der Waals surface area (Å²) in [5.74, 6) is 1.76. The van der Waals surface area contributed by atoms with Crippen LogP contribution in [0.25, 0.3) is 11.0 Å². The number of hydrogen-bond acceptors (Lipinski definition) is 5. The fourth-order valence-corrected chi connectivity index (χ4v) is 3.74. The lowest BCUT2D eigenvalue weighted by Crippen LogP contribution is -2.05. The van der Waals surface area contributed by atoms with Gasteiger partial charge in [-0.25, -0.2) is 0 Å². The van der Waals surface area contributed by atoms with E-state index in [2.05, 4.69) is 14.8 Å². The fourth-order valence-electron chi connectivity index (χ4n) is 2.89. The molecule has 118 valence electrons. The highest BCUT2D eigenvalue weighted by atomic mass is 32.2. The number of aryl methyl sites for hydroxylation is 1. The summed E-state index contributed by atoms with van der Waals surface area (Å²) >= 11 is 1.44. The topological polar surface area (TPSA) is 60.9 Å². The minimum atomic E-state index is -0.0165. The van der Waals surface area contributed by atoms with Crippen LogP contribution < -0.4 is 0 Å². The predicted molar refractivity (Wildman–Crippen MR) is 88.8 cm³/mol. The first-order valence-electron chi connectivity index (χ1n) is 7.88. The molecule has 0 saturated carbocycles. The minimum absolute atomic E-state index is 0.0165. The highest BCUT2D eigenvalue weighted by Crippen LogP contribution is 2.24. The zero-order chi connectivity index (χ0) is 15.6. The highest BCUT2D eigenvalue weighted by Gasteiger charge is 2.18. The number of carbonyl (C=O) groups excluding carboxylic acids is 1. The summed E-state index contributed by atoms with van der Waals surface area (Å²) < 4.78 is 7.78. The van der Waals surface area contributed by atoms with Crippen LogP contribution in [0.4, 0.5) is 0 Å². The number of aromatic nitrogens is 3. The van der Waals surface area contributed by atoms with Gasteiger partial charge < -0.3 is 8.98 Å². The van der Waals surface area contributed by atoms with E-state index in [1.807, 2.05) is 30.3 Å². The van der Waals surface area contributed by atoms with Crippen molar-refractivity contribution >= 4 is 28.5 Å². The van der Waals surface area contributed by atoms with Gasteiger partial charge in [-0.2, -0.15) is 0 Å². The first-order chi connectivity index (χ1) is 11.3. The number of fused-ring (bicyclic) bond motifs is 2. The lowest BCUT2D eigenvalue weighted by Gasteiger charge is -2.05. The maximum atomic E-state index is 12.4. The van der Waals surface area contributed by atoms with Crippen LogP contribution in [0.15, 0.2) is 39.9 Å². The number of furan rings is 1. The number of Topliss-reactive ketones (excluding diaryl/α,β-unsaturated/α-hetero) is 1. The Morgan fingerprint density at radius 3 is 3.04 bits per heavy atom. The Balaban J connectivity index is 1.48. The highest BCUT2D eigenvalue weighted by molar-refractivity contribution is 7.99. The number of carbonyl (C=O) groups is 1. The van der Waals surface area contributed by atoms with Crippen LogP contribution in [0, 0.1) is 0 Å². The molecule has 0 saturated heterocycles. The fraction of sp³-hybridized carbons (Fsp3) is 0.353. The Hall–Kier alpha value is -2.08. The average molecular weight is 327 g/mol. The van der Waals surface area contributed by atoms with Gasteiger partial charge in [-0.05, 0) is 25.0 Å². The molecular formula is C17H17N3O2S. The molecule has 1 aromatic carbocycles. The van der Waals surface area contributed by atoms with Crippen LogP contribution in [0.3, 0.4) is 0 Å². The van der Waals surface area contributed by atoms with Gasteiger partial charge in [0.05, 0.1) is 5.75 Å². The van der Waals surface area contributed by atoms with Gasteiger partial charge >= 0.3 is 0 Å². The zero-order valence-electron chi connectivity index (χ0n) is 12.7. The summed E-state index contributed by atoms with van der Waals surface area (Å²) in [4.78, 5) is 12.4. The monoisotopic (exact) mass is 327 g/mol. The molecule has 0 spiro atoms. The normalized spacial score (nSPS) is 14.6.